The lowest BCUT2D eigenvalue weighted by Crippen LogP contribution is -2.47. The maximum atomic E-state index is 12.3. The molecular formula is C54H90N18O6. The molecule has 0 aliphatic carbocycles. The van der Waals surface area contributed by atoms with Crippen molar-refractivity contribution in [2.75, 3.05) is 40.8 Å². The van der Waals surface area contributed by atoms with Crippen LogP contribution >= 0.6 is 0 Å². The quantitative estimate of drug-likeness (QED) is 0.0190. The van der Waals surface area contributed by atoms with E-state index in [1.54, 1.807) is 21.1 Å². The number of nitrogens with zero attached hydrogens (tertiary/aromatic N) is 3. The molecule has 78 heavy (non-hydrogen) atoms. The average molecular weight is 1090 g/mol. The molecule has 3 aromatic carbocycles. The van der Waals surface area contributed by atoms with Crippen molar-refractivity contribution < 1.29 is 28.8 Å². The van der Waals surface area contributed by atoms with Crippen LogP contribution in [0.15, 0.2) is 87.8 Å². The molecule has 0 fully saturated rings. The summed E-state index contributed by atoms with van der Waals surface area (Å²) < 4.78 is 0. The van der Waals surface area contributed by atoms with E-state index in [9.17, 15) is 28.8 Å². The van der Waals surface area contributed by atoms with Gasteiger partial charge in [0.15, 0.2) is 17.9 Å². The minimum Gasteiger partial charge on any atom is -0.370 e. The number of guanidine groups is 3. The second-order valence-corrected chi connectivity index (χ2v) is 19.1. The third kappa shape index (κ3) is 32.6. The molecule has 24 heteroatoms. The van der Waals surface area contributed by atoms with E-state index < -0.39 is 35.8 Å². The van der Waals surface area contributed by atoms with Crippen LogP contribution in [0.3, 0.4) is 0 Å². The summed E-state index contributed by atoms with van der Waals surface area (Å²) in [6.45, 7) is 7.50. The number of hydrogen-bond acceptors (Lipinski definition) is 12. The summed E-state index contributed by atoms with van der Waals surface area (Å²) in [5, 5.41) is 17.5. The summed E-state index contributed by atoms with van der Waals surface area (Å²) in [4.78, 5) is 83.7. The number of aryl methyl sites for hydroxylation is 3. The summed E-state index contributed by atoms with van der Waals surface area (Å²) in [5.41, 5.74) is 54.3. The first-order valence-corrected chi connectivity index (χ1v) is 26.1. The monoisotopic (exact) mass is 1090 g/mol. The van der Waals surface area contributed by atoms with Crippen LogP contribution in [-0.4, -0.2) is 130 Å². The van der Waals surface area contributed by atoms with Crippen molar-refractivity contribution in [1.29, 1.82) is 0 Å². The number of carbonyl (C=O) groups is 6. The minimum atomic E-state index is -0.732. The Hall–Kier alpha value is -7.83. The van der Waals surface area contributed by atoms with E-state index in [0.29, 0.717) is 38.9 Å². The summed E-state index contributed by atoms with van der Waals surface area (Å²) in [7, 11) is 5.36. The van der Waals surface area contributed by atoms with Crippen LogP contribution < -0.4 is 83.5 Å². The highest BCUT2D eigenvalue weighted by molar-refractivity contribution is 5.88. The number of benzene rings is 3. The Morgan fingerprint density at radius 3 is 0.782 bits per heavy atom. The topological polar surface area (TPSA) is 446 Å². The molecule has 6 atom stereocenters. The van der Waals surface area contributed by atoms with Crippen LogP contribution in [0.2, 0.25) is 0 Å². The first kappa shape index (κ1) is 68.2. The van der Waals surface area contributed by atoms with E-state index in [2.05, 4.69) is 46.9 Å². The van der Waals surface area contributed by atoms with Crippen molar-refractivity contribution in [3.63, 3.8) is 0 Å². The number of rotatable bonds is 33. The van der Waals surface area contributed by atoms with Gasteiger partial charge in [-0.3, -0.25) is 43.7 Å². The van der Waals surface area contributed by atoms with Gasteiger partial charge in [-0.15, -0.1) is 0 Å². The zero-order valence-electron chi connectivity index (χ0n) is 46.5. The Labute approximate surface area is 460 Å². The van der Waals surface area contributed by atoms with Crippen LogP contribution in [-0.2, 0) is 48.0 Å². The van der Waals surface area contributed by atoms with Gasteiger partial charge < -0.3 is 83.5 Å². The van der Waals surface area contributed by atoms with E-state index >= 15 is 0 Å². The van der Waals surface area contributed by atoms with E-state index in [-0.39, 0.29) is 73.0 Å². The molecule has 3 rings (SSSR count). The smallest absolute Gasteiger partial charge is 0.240 e. The molecule has 0 spiro atoms. The van der Waals surface area contributed by atoms with Crippen molar-refractivity contribution in [3.05, 3.63) is 106 Å². The summed E-state index contributed by atoms with van der Waals surface area (Å²) in [6, 6.07) is 21.0. The zero-order valence-corrected chi connectivity index (χ0v) is 46.5. The Kier molecular flexibility index (Phi) is 33.8. The zero-order chi connectivity index (χ0) is 58.6. The molecule has 0 aliphatic heterocycles. The van der Waals surface area contributed by atoms with Crippen molar-refractivity contribution in [2.24, 2.45) is 66.6 Å². The van der Waals surface area contributed by atoms with Gasteiger partial charge in [-0.1, -0.05) is 89.5 Å². The molecule has 0 saturated heterocycles. The largest absolute Gasteiger partial charge is 0.370 e. The van der Waals surface area contributed by atoms with Gasteiger partial charge >= 0.3 is 0 Å². The van der Waals surface area contributed by atoms with Crippen LogP contribution in [0.5, 0.6) is 0 Å². The molecule has 0 heterocycles. The molecule has 3 aromatic rings. The van der Waals surface area contributed by atoms with E-state index in [1.165, 1.54) is 0 Å². The van der Waals surface area contributed by atoms with E-state index in [1.807, 2.05) is 93.6 Å². The van der Waals surface area contributed by atoms with Crippen LogP contribution in [0.1, 0.15) is 91.2 Å². The normalized spacial score (nSPS) is 12.8. The lowest BCUT2D eigenvalue weighted by Gasteiger charge is -2.19. The second kappa shape index (κ2) is 38.7. The molecule has 0 radical (unpaired) electrons. The molecule has 0 bridgehead atoms. The van der Waals surface area contributed by atoms with Gasteiger partial charge in [-0.05, 0) is 97.1 Å². The minimum absolute atomic E-state index is 0.0305. The highest BCUT2D eigenvalue weighted by Gasteiger charge is 2.23. The molecule has 0 saturated carbocycles. The van der Waals surface area contributed by atoms with Crippen LogP contribution in [0.4, 0.5) is 0 Å². The number of carbonyl (C=O) groups excluding carboxylic acids is 6. The standard InChI is InChI=1S/3C18H30N6O2/c3*1-12-5-7-13(8-6-12)10-15(17(19)26)24-16(25)11-14(22-2)4-3-9-23-18(20)21/h3*5-8,14-15,22H,3-4,9-11H2,1-2H3,(H2,19,26)(H,24,25)(H4,20,21,23)/t3*14-,15-/m000/s1. The highest BCUT2D eigenvalue weighted by atomic mass is 16.2. The van der Waals surface area contributed by atoms with Crippen LogP contribution in [0, 0.1) is 20.8 Å². The lowest BCUT2D eigenvalue weighted by molar-refractivity contribution is -0.127. The first-order valence-electron chi connectivity index (χ1n) is 26.1. The molecule has 0 aliphatic rings. The number of nitrogens with one attached hydrogen (secondary N) is 6. The maximum Gasteiger partial charge on any atom is 0.240 e. The SMILES string of the molecule is CN[C@@H](CCCN=C(N)N)CC(=O)N[C@@H](Cc1ccc(C)cc1)C(N)=O.CN[C@@H](CCCN=C(N)N)CC(=O)N[C@@H](Cc1ccc(C)cc1)C(N)=O.CN[C@@H](CCCN=C(N)N)CC(=O)N[C@@H](Cc1ccc(C)cc1)C(N)=O. The van der Waals surface area contributed by atoms with Crippen LogP contribution in [0.25, 0.3) is 0 Å². The maximum absolute atomic E-state index is 12.3. The lowest BCUT2D eigenvalue weighted by atomic mass is 10.0. The number of amides is 6. The van der Waals surface area contributed by atoms with Crippen molar-refractivity contribution >= 4 is 53.3 Å². The second-order valence-electron chi connectivity index (χ2n) is 19.1. The number of primary amides is 3. The fraction of sp³-hybridized carbons (Fsp3) is 0.500. The predicted molar refractivity (Wildman–Crippen MR) is 310 cm³/mol. The number of nitrogens with two attached hydrogens (primary N) is 9. The Morgan fingerprint density at radius 2 is 0.603 bits per heavy atom. The fourth-order valence-electron chi connectivity index (χ4n) is 7.66. The van der Waals surface area contributed by atoms with Gasteiger partial charge in [-0.25, -0.2) is 0 Å². The number of aliphatic imine (C=N–C) groups is 3. The van der Waals surface area contributed by atoms with Crippen molar-refractivity contribution in [2.45, 2.75) is 134 Å². The Morgan fingerprint density at radius 1 is 0.385 bits per heavy atom. The third-order valence-corrected chi connectivity index (χ3v) is 12.3. The molecular weight excluding hydrogens is 997 g/mol. The van der Waals surface area contributed by atoms with Gasteiger partial charge in [-0.2, -0.15) is 0 Å². The Bertz CT molecular complexity index is 2090. The van der Waals surface area contributed by atoms with Crippen molar-refractivity contribution in [3.8, 4) is 0 Å². The summed E-state index contributed by atoms with van der Waals surface area (Å²) >= 11 is 0. The van der Waals surface area contributed by atoms with Gasteiger partial charge in [0.1, 0.15) is 18.1 Å². The van der Waals surface area contributed by atoms with Crippen molar-refractivity contribution in [1.82, 2.24) is 31.9 Å². The Balaban J connectivity index is 0.000000585. The van der Waals surface area contributed by atoms with Gasteiger partial charge in [0.05, 0.1) is 0 Å². The molecule has 24 nitrogen and oxygen atoms in total. The van der Waals surface area contributed by atoms with Gasteiger partial charge in [0.25, 0.3) is 0 Å². The summed E-state index contributed by atoms with van der Waals surface area (Å²) in [5.74, 6) is -2.13. The van der Waals surface area contributed by atoms with Gasteiger partial charge in [0, 0.05) is 76.3 Å². The number of hydrogen-bond donors (Lipinski definition) is 15. The third-order valence-electron chi connectivity index (χ3n) is 12.3. The first-order chi connectivity index (χ1) is 36.9. The van der Waals surface area contributed by atoms with E-state index in [4.69, 9.17) is 51.6 Å². The molecule has 6 amide bonds. The molecule has 432 valence electrons. The van der Waals surface area contributed by atoms with Gasteiger partial charge in [0.2, 0.25) is 35.4 Å². The van der Waals surface area contributed by atoms with E-state index in [0.717, 1.165) is 71.9 Å². The predicted octanol–water partition coefficient (Wildman–Crippen LogP) is -1.38. The fourth-order valence-corrected chi connectivity index (χ4v) is 7.66. The molecule has 0 unspecified atom stereocenters. The average Bonchev–Trinajstić information content (AvgIpc) is 3.38. The molecule has 0 aromatic heterocycles. The highest BCUT2D eigenvalue weighted by Crippen LogP contribution is 2.11. The summed E-state index contributed by atoms with van der Waals surface area (Å²) in [6.07, 6.45) is 6.31. The molecule has 24 N–H and O–H groups in total.